The van der Waals surface area contributed by atoms with Crippen LogP contribution >= 0.6 is 11.3 Å². The van der Waals surface area contributed by atoms with Crippen LogP contribution in [0.1, 0.15) is 44.0 Å². The summed E-state index contributed by atoms with van der Waals surface area (Å²) in [7, 11) is -2.68. The van der Waals surface area contributed by atoms with Crippen molar-refractivity contribution in [2.24, 2.45) is 5.14 Å². The minimum atomic E-state index is -4.21. The number of carbonyl (C=O) groups excluding carboxylic acids is 2. The quantitative estimate of drug-likeness (QED) is 0.315. The molecule has 12 heteroatoms. The summed E-state index contributed by atoms with van der Waals surface area (Å²) in [4.78, 5) is 31.8. The SMILES string of the molecule is COc1ccc([C@@H](O)C(=O)N(CCCc2ccccc2)CCc2nc(C(=O)NS(N)(=O)=O)c(C)s2)cc1. The lowest BCUT2D eigenvalue weighted by atomic mass is 10.1. The molecule has 0 fully saturated rings. The van der Waals surface area contributed by atoms with Crippen LogP contribution in [0.3, 0.4) is 0 Å². The number of nitrogens with two attached hydrogens (primary N) is 1. The molecule has 3 aromatic rings. The van der Waals surface area contributed by atoms with Gasteiger partial charge in [-0.25, -0.2) is 14.8 Å². The van der Waals surface area contributed by atoms with Crippen molar-refractivity contribution in [2.75, 3.05) is 20.2 Å². The molecule has 3 rings (SSSR count). The Kier molecular flexibility index (Phi) is 9.75. The zero-order valence-corrected chi connectivity index (χ0v) is 22.2. The number of nitrogens with one attached hydrogen (secondary N) is 1. The monoisotopic (exact) mass is 546 g/mol. The van der Waals surface area contributed by atoms with E-state index < -0.39 is 28.1 Å². The Bertz CT molecular complexity index is 1310. The summed E-state index contributed by atoms with van der Waals surface area (Å²) in [6, 6.07) is 16.5. The van der Waals surface area contributed by atoms with E-state index in [1.807, 2.05) is 30.3 Å². The molecule has 2 amide bonds. The second kappa shape index (κ2) is 12.8. The second-order valence-electron chi connectivity index (χ2n) is 8.33. The maximum atomic E-state index is 13.3. The smallest absolute Gasteiger partial charge is 0.299 e. The highest BCUT2D eigenvalue weighted by atomic mass is 32.2. The van der Waals surface area contributed by atoms with E-state index in [0.717, 1.165) is 12.0 Å². The number of aliphatic hydroxyl groups is 1. The van der Waals surface area contributed by atoms with Crippen molar-refractivity contribution in [1.82, 2.24) is 14.6 Å². The fourth-order valence-electron chi connectivity index (χ4n) is 3.73. The molecule has 0 saturated carbocycles. The Hall–Kier alpha value is -3.32. The summed E-state index contributed by atoms with van der Waals surface area (Å²) in [5.41, 5.74) is 1.56. The fraction of sp³-hybridized carbons (Fsp3) is 0.320. The van der Waals surface area contributed by atoms with Crippen molar-refractivity contribution >= 4 is 33.4 Å². The average molecular weight is 547 g/mol. The van der Waals surface area contributed by atoms with Gasteiger partial charge in [0, 0.05) is 24.4 Å². The molecule has 4 N–H and O–H groups in total. The van der Waals surface area contributed by atoms with Crippen LogP contribution in [0.5, 0.6) is 5.75 Å². The number of hydrogen-bond donors (Lipinski definition) is 3. The first-order valence-corrected chi connectivity index (χ1v) is 13.9. The molecule has 0 spiro atoms. The van der Waals surface area contributed by atoms with Gasteiger partial charge in [-0.2, -0.15) is 8.42 Å². The molecule has 0 aliphatic heterocycles. The Balaban J connectivity index is 1.72. The number of benzene rings is 2. The van der Waals surface area contributed by atoms with Gasteiger partial charge in [0.25, 0.3) is 22.0 Å². The van der Waals surface area contributed by atoms with Crippen LogP contribution in [0.4, 0.5) is 0 Å². The molecule has 37 heavy (non-hydrogen) atoms. The highest BCUT2D eigenvalue weighted by molar-refractivity contribution is 7.87. The van der Waals surface area contributed by atoms with E-state index in [0.29, 0.717) is 40.6 Å². The Labute approximate surface area is 220 Å². The number of aryl methyl sites for hydroxylation is 2. The zero-order valence-electron chi connectivity index (χ0n) is 20.6. The lowest BCUT2D eigenvalue weighted by Crippen LogP contribution is -2.37. The van der Waals surface area contributed by atoms with E-state index in [4.69, 9.17) is 9.88 Å². The van der Waals surface area contributed by atoms with Crippen molar-refractivity contribution in [1.29, 1.82) is 0 Å². The summed E-state index contributed by atoms with van der Waals surface area (Å²) in [5, 5.41) is 16.2. The van der Waals surface area contributed by atoms with Gasteiger partial charge in [-0.3, -0.25) is 9.59 Å². The minimum absolute atomic E-state index is 0.0331. The first-order chi connectivity index (χ1) is 17.6. The number of thiazole rings is 1. The van der Waals surface area contributed by atoms with E-state index in [2.05, 4.69) is 4.98 Å². The van der Waals surface area contributed by atoms with Gasteiger partial charge in [0.2, 0.25) is 0 Å². The van der Waals surface area contributed by atoms with Gasteiger partial charge in [0.05, 0.1) is 12.1 Å². The van der Waals surface area contributed by atoms with Crippen LogP contribution in [-0.4, -0.2) is 55.4 Å². The normalized spacial score (nSPS) is 12.1. The number of methoxy groups -OCH3 is 1. The molecular weight excluding hydrogens is 516 g/mol. The van der Waals surface area contributed by atoms with Gasteiger partial charge < -0.3 is 14.7 Å². The van der Waals surface area contributed by atoms with Gasteiger partial charge in [-0.05, 0) is 43.0 Å². The van der Waals surface area contributed by atoms with E-state index in [1.54, 1.807) is 40.8 Å². The minimum Gasteiger partial charge on any atom is -0.497 e. The third-order valence-electron chi connectivity index (χ3n) is 5.60. The predicted molar refractivity (Wildman–Crippen MR) is 140 cm³/mol. The fourth-order valence-corrected chi connectivity index (χ4v) is 5.00. The number of ether oxygens (including phenoxy) is 1. The van der Waals surface area contributed by atoms with Crippen molar-refractivity contribution in [2.45, 2.75) is 32.3 Å². The van der Waals surface area contributed by atoms with Gasteiger partial charge in [0.1, 0.15) is 11.4 Å². The Morgan fingerprint density at radius 2 is 1.78 bits per heavy atom. The third kappa shape index (κ3) is 8.35. The van der Waals surface area contributed by atoms with Gasteiger partial charge in [-0.1, -0.05) is 42.5 Å². The first kappa shape index (κ1) is 28.3. The molecule has 2 aromatic carbocycles. The zero-order chi connectivity index (χ0) is 27.0. The average Bonchev–Trinajstić information content (AvgIpc) is 3.25. The predicted octanol–water partition coefficient (Wildman–Crippen LogP) is 2.13. The van der Waals surface area contributed by atoms with Crippen LogP contribution in [-0.2, 0) is 27.8 Å². The van der Waals surface area contributed by atoms with E-state index in [9.17, 15) is 23.1 Å². The Morgan fingerprint density at radius 3 is 2.41 bits per heavy atom. The maximum Gasteiger partial charge on any atom is 0.299 e. The van der Waals surface area contributed by atoms with Crippen molar-refractivity contribution in [3.05, 3.63) is 81.3 Å². The summed E-state index contributed by atoms with van der Waals surface area (Å²) in [5.74, 6) is -0.739. The van der Waals surface area contributed by atoms with Gasteiger partial charge >= 0.3 is 0 Å². The topological polar surface area (TPSA) is 152 Å². The number of rotatable bonds is 12. The second-order valence-corrected chi connectivity index (χ2v) is 10.9. The molecule has 0 radical (unpaired) electrons. The lowest BCUT2D eigenvalue weighted by Gasteiger charge is -2.25. The molecule has 0 aliphatic rings. The maximum absolute atomic E-state index is 13.3. The largest absolute Gasteiger partial charge is 0.497 e. The summed E-state index contributed by atoms with van der Waals surface area (Å²) in [6.45, 7) is 2.31. The number of hydrogen-bond acceptors (Lipinski definition) is 8. The Morgan fingerprint density at radius 1 is 1.11 bits per heavy atom. The van der Waals surface area contributed by atoms with Gasteiger partial charge in [0.15, 0.2) is 6.10 Å². The number of aliphatic hydroxyl groups excluding tert-OH is 1. The summed E-state index contributed by atoms with van der Waals surface area (Å²) < 4.78 is 29.2. The van der Waals surface area contributed by atoms with Crippen molar-refractivity contribution in [3.63, 3.8) is 0 Å². The van der Waals surface area contributed by atoms with Gasteiger partial charge in [-0.15, -0.1) is 11.3 Å². The lowest BCUT2D eigenvalue weighted by molar-refractivity contribution is -0.140. The highest BCUT2D eigenvalue weighted by Gasteiger charge is 2.25. The van der Waals surface area contributed by atoms with Crippen molar-refractivity contribution < 1.29 is 27.9 Å². The molecule has 0 unspecified atom stereocenters. The van der Waals surface area contributed by atoms with E-state index in [1.165, 1.54) is 18.4 Å². The van der Waals surface area contributed by atoms with Crippen LogP contribution in [0.15, 0.2) is 54.6 Å². The summed E-state index contributed by atoms with van der Waals surface area (Å²) >= 11 is 1.23. The first-order valence-electron chi connectivity index (χ1n) is 11.5. The standard InChI is InChI=1S/C25H30N4O6S2/c1-17-22(24(31)28-37(26,33)34)27-21(36-17)14-16-29(15-6-9-18-7-4-3-5-8-18)25(32)23(30)19-10-12-20(35-2)13-11-19/h3-5,7-8,10-13,23,30H,6,9,14-16H2,1-2H3,(H,28,31)(H2,26,33,34)/t23-/m1/s1. The number of amides is 2. The number of nitrogens with zero attached hydrogens (tertiary/aromatic N) is 2. The number of carbonyl (C=O) groups is 2. The van der Waals surface area contributed by atoms with Crippen LogP contribution < -0.4 is 14.6 Å². The van der Waals surface area contributed by atoms with E-state index >= 15 is 0 Å². The van der Waals surface area contributed by atoms with Crippen LogP contribution in [0.2, 0.25) is 0 Å². The molecule has 0 bridgehead atoms. The molecule has 0 saturated heterocycles. The van der Waals surface area contributed by atoms with Crippen LogP contribution in [0, 0.1) is 6.92 Å². The van der Waals surface area contributed by atoms with E-state index in [-0.39, 0.29) is 12.2 Å². The number of aromatic nitrogens is 1. The van der Waals surface area contributed by atoms with Crippen LogP contribution in [0.25, 0.3) is 0 Å². The molecule has 1 heterocycles. The van der Waals surface area contributed by atoms with Crippen molar-refractivity contribution in [3.8, 4) is 5.75 Å². The summed E-state index contributed by atoms with van der Waals surface area (Å²) in [6.07, 6.45) is 0.416. The molecular formula is C25H30N4O6S2. The molecule has 198 valence electrons. The molecule has 1 aromatic heterocycles. The third-order valence-corrected chi connectivity index (χ3v) is 7.10. The molecule has 0 aliphatic carbocycles. The molecule has 10 nitrogen and oxygen atoms in total. The highest BCUT2D eigenvalue weighted by Crippen LogP contribution is 2.22. The molecule has 1 atom stereocenters.